The summed E-state index contributed by atoms with van der Waals surface area (Å²) in [5, 5.41) is 6.05. The number of rotatable bonds is 4. The van der Waals surface area contributed by atoms with E-state index < -0.39 is 18.0 Å². The first-order chi connectivity index (χ1) is 9.97. The Kier molecular flexibility index (Phi) is 4.12. The molecule has 0 fully saturated rings. The first-order valence-corrected chi connectivity index (χ1v) is 5.99. The number of esters is 1. The van der Waals surface area contributed by atoms with Crippen LogP contribution in [-0.4, -0.2) is 33.1 Å². The second-order valence-electron chi connectivity index (χ2n) is 4.15. The standard InChI is InChI=1S/C12H13N5O4/c1-6-5-8(17-21-6)16-11(18)7(2)20-12(19)9-10(13)15-4-3-14-9/h3-5,7H,1-2H3,(H2,13,15)(H,16,17,18)/t7-/m0/s1. The fourth-order valence-corrected chi connectivity index (χ4v) is 1.43. The molecule has 0 aromatic carbocycles. The largest absolute Gasteiger partial charge is 0.448 e. The Labute approximate surface area is 119 Å². The van der Waals surface area contributed by atoms with Crippen LogP contribution in [0.25, 0.3) is 0 Å². The molecule has 9 nitrogen and oxygen atoms in total. The number of nitrogens with one attached hydrogen (secondary N) is 1. The van der Waals surface area contributed by atoms with Crippen molar-refractivity contribution in [1.29, 1.82) is 0 Å². The van der Waals surface area contributed by atoms with Crippen LogP contribution >= 0.6 is 0 Å². The molecule has 0 saturated carbocycles. The predicted molar refractivity (Wildman–Crippen MR) is 71.2 cm³/mol. The minimum absolute atomic E-state index is 0.0674. The Hall–Kier alpha value is -2.97. The molecule has 0 unspecified atom stereocenters. The maximum Gasteiger partial charge on any atom is 0.361 e. The predicted octanol–water partition coefficient (Wildman–Crippen LogP) is 0.539. The fourth-order valence-electron chi connectivity index (χ4n) is 1.43. The highest BCUT2D eigenvalue weighted by molar-refractivity contribution is 5.97. The molecule has 0 aliphatic rings. The van der Waals surface area contributed by atoms with Crippen molar-refractivity contribution < 1.29 is 18.8 Å². The van der Waals surface area contributed by atoms with Gasteiger partial charge in [-0.15, -0.1) is 0 Å². The van der Waals surface area contributed by atoms with Gasteiger partial charge in [0, 0.05) is 18.5 Å². The topological polar surface area (TPSA) is 133 Å². The number of carbonyl (C=O) groups excluding carboxylic acids is 2. The number of hydrogen-bond donors (Lipinski definition) is 2. The minimum Gasteiger partial charge on any atom is -0.448 e. The molecule has 0 spiro atoms. The lowest BCUT2D eigenvalue weighted by Gasteiger charge is -2.12. The van der Waals surface area contributed by atoms with E-state index in [1.54, 1.807) is 6.92 Å². The molecule has 0 saturated heterocycles. The van der Waals surface area contributed by atoms with Crippen molar-refractivity contribution in [3.8, 4) is 0 Å². The third kappa shape index (κ3) is 3.53. The van der Waals surface area contributed by atoms with Gasteiger partial charge < -0.3 is 20.3 Å². The van der Waals surface area contributed by atoms with E-state index in [4.69, 9.17) is 15.0 Å². The van der Waals surface area contributed by atoms with Crippen LogP contribution in [0.15, 0.2) is 23.0 Å². The summed E-state index contributed by atoms with van der Waals surface area (Å²) in [6, 6.07) is 1.53. The molecule has 21 heavy (non-hydrogen) atoms. The van der Waals surface area contributed by atoms with Gasteiger partial charge in [0.15, 0.2) is 23.4 Å². The average Bonchev–Trinajstić information content (AvgIpc) is 2.84. The molecule has 110 valence electrons. The van der Waals surface area contributed by atoms with Gasteiger partial charge >= 0.3 is 5.97 Å². The normalized spacial score (nSPS) is 11.7. The van der Waals surface area contributed by atoms with E-state index in [1.807, 2.05) is 0 Å². The molecule has 0 bridgehead atoms. The number of hydrogen-bond acceptors (Lipinski definition) is 8. The average molecular weight is 291 g/mol. The number of nitrogen functional groups attached to an aromatic ring is 1. The fraction of sp³-hybridized carbons (Fsp3) is 0.250. The van der Waals surface area contributed by atoms with Crippen LogP contribution in [0.3, 0.4) is 0 Å². The number of aromatic nitrogens is 3. The second-order valence-corrected chi connectivity index (χ2v) is 4.15. The molecule has 2 aromatic heterocycles. The first-order valence-electron chi connectivity index (χ1n) is 5.99. The van der Waals surface area contributed by atoms with Crippen molar-refractivity contribution in [3.05, 3.63) is 29.9 Å². The van der Waals surface area contributed by atoms with Gasteiger partial charge in [0.2, 0.25) is 0 Å². The lowest BCUT2D eigenvalue weighted by atomic mass is 10.3. The smallest absolute Gasteiger partial charge is 0.361 e. The second kappa shape index (κ2) is 5.99. The molecular weight excluding hydrogens is 278 g/mol. The lowest BCUT2D eigenvalue weighted by Crippen LogP contribution is -2.30. The van der Waals surface area contributed by atoms with Crippen LogP contribution in [-0.2, 0) is 9.53 Å². The van der Waals surface area contributed by atoms with Crippen LogP contribution < -0.4 is 11.1 Å². The van der Waals surface area contributed by atoms with Crippen molar-refractivity contribution in [2.45, 2.75) is 20.0 Å². The molecule has 2 aromatic rings. The van der Waals surface area contributed by atoms with Gasteiger partial charge in [-0.25, -0.2) is 14.8 Å². The zero-order valence-corrected chi connectivity index (χ0v) is 11.4. The third-order valence-corrected chi connectivity index (χ3v) is 2.45. The zero-order valence-electron chi connectivity index (χ0n) is 11.4. The van der Waals surface area contributed by atoms with Crippen molar-refractivity contribution in [1.82, 2.24) is 15.1 Å². The first kappa shape index (κ1) is 14.4. The number of nitrogens with zero attached hydrogens (tertiary/aromatic N) is 3. The summed E-state index contributed by atoms with van der Waals surface area (Å²) in [5.74, 6) is -0.678. The van der Waals surface area contributed by atoms with Gasteiger partial charge in [-0.05, 0) is 13.8 Å². The Morgan fingerprint density at radius 1 is 1.38 bits per heavy atom. The summed E-state index contributed by atoms with van der Waals surface area (Å²) in [4.78, 5) is 31.1. The molecule has 1 atom stereocenters. The molecule has 1 amide bonds. The minimum atomic E-state index is -1.06. The van der Waals surface area contributed by atoms with Gasteiger partial charge in [-0.3, -0.25) is 4.79 Å². The molecule has 0 aliphatic heterocycles. The molecule has 9 heteroatoms. The van der Waals surface area contributed by atoms with Gasteiger partial charge in [-0.1, -0.05) is 5.16 Å². The van der Waals surface area contributed by atoms with Crippen molar-refractivity contribution in [3.63, 3.8) is 0 Å². The Morgan fingerprint density at radius 2 is 2.10 bits per heavy atom. The maximum atomic E-state index is 11.8. The van der Waals surface area contributed by atoms with Crippen LogP contribution in [0.1, 0.15) is 23.2 Å². The van der Waals surface area contributed by atoms with E-state index in [9.17, 15) is 9.59 Å². The number of amides is 1. The number of anilines is 2. The molecule has 0 radical (unpaired) electrons. The van der Waals surface area contributed by atoms with E-state index in [2.05, 4.69) is 20.4 Å². The number of nitrogens with two attached hydrogens (primary N) is 1. The van der Waals surface area contributed by atoms with E-state index in [0.29, 0.717) is 5.76 Å². The van der Waals surface area contributed by atoms with Crippen molar-refractivity contribution in [2.75, 3.05) is 11.1 Å². The summed E-state index contributed by atoms with van der Waals surface area (Å²) in [6.45, 7) is 3.09. The highest BCUT2D eigenvalue weighted by atomic mass is 16.5. The van der Waals surface area contributed by atoms with E-state index in [-0.39, 0.29) is 17.3 Å². The zero-order chi connectivity index (χ0) is 15.4. The van der Waals surface area contributed by atoms with Gasteiger partial charge in [-0.2, -0.15) is 0 Å². The lowest BCUT2D eigenvalue weighted by molar-refractivity contribution is -0.123. The molecule has 0 aliphatic carbocycles. The van der Waals surface area contributed by atoms with E-state index >= 15 is 0 Å². The highest BCUT2D eigenvalue weighted by Crippen LogP contribution is 2.10. The monoisotopic (exact) mass is 291 g/mol. The summed E-state index contributed by atoms with van der Waals surface area (Å²) < 4.78 is 9.77. The van der Waals surface area contributed by atoms with Crippen LogP contribution in [0.5, 0.6) is 0 Å². The van der Waals surface area contributed by atoms with Crippen molar-refractivity contribution in [2.24, 2.45) is 0 Å². The molecule has 3 N–H and O–H groups in total. The van der Waals surface area contributed by atoms with Crippen LogP contribution in [0, 0.1) is 6.92 Å². The van der Waals surface area contributed by atoms with Gasteiger partial charge in [0.05, 0.1) is 0 Å². The number of carbonyl (C=O) groups is 2. The van der Waals surface area contributed by atoms with Gasteiger partial charge in [0.1, 0.15) is 5.76 Å². The number of ether oxygens (including phenoxy) is 1. The summed E-state index contributed by atoms with van der Waals surface area (Å²) >= 11 is 0. The SMILES string of the molecule is Cc1cc(NC(=O)[C@H](C)OC(=O)c2nccnc2N)no1. The van der Waals surface area contributed by atoms with E-state index in [0.717, 1.165) is 0 Å². The molecular formula is C12H13N5O4. The van der Waals surface area contributed by atoms with Crippen LogP contribution in [0.4, 0.5) is 11.6 Å². The quantitative estimate of drug-likeness (QED) is 0.779. The van der Waals surface area contributed by atoms with E-state index in [1.165, 1.54) is 25.4 Å². The third-order valence-electron chi connectivity index (χ3n) is 2.45. The maximum absolute atomic E-state index is 11.8. The Bertz CT molecular complexity index is 669. The summed E-state index contributed by atoms with van der Waals surface area (Å²) in [6.07, 6.45) is 1.58. The Morgan fingerprint density at radius 3 is 2.71 bits per heavy atom. The van der Waals surface area contributed by atoms with Crippen LogP contribution in [0.2, 0.25) is 0 Å². The number of aryl methyl sites for hydroxylation is 1. The molecule has 2 rings (SSSR count). The Balaban J connectivity index is 1.97. The highest BCUT2D eigenvalue weighted by Gasteiger charge is 2.22. The molecule has 2 heterocycles. The summed E-state index contributed by atoms with van der Waals surface area (Å²) in [7, 11) is 0. The van der Waals surface area contributed by atoms with Gasteiger partial charge in [0.25, 0.3) is 5.91 Å². The summed E-state index contributed by atoms with van der Waals surface area (Å²) in [5.41, 5.74) is 5.36. The van der Waals surface area contributed by atoms with Crippen molar-refractivity contribution >= 4 is 23.5 Å².